The van der Waals surface area contributed by atoms with Crippen molar-refractivity contribution in [1.82, 2.24) is 9.88 Å². The third kappa shape index (κ3) is 3.21. The molecule has 0 spiro atoms. The molecule has 88 valence electrons. The van der Waals surface area contributed by atoms with Crippen molar-refractivity contribution in [3.63, 3.8) is 0 Å². The molecule has 0 radical (unpaired) electrons. The van der Waals surface area contributed by atoms with Gasteiger partial charge in [-0.3, -0.25) is 4.79 Å². The molecular formula is C14H16N2O. The molecule has 1 amide bonds. The molecule has 2 aromatic rings. The van der Waals surface area contributed by atoms with Crippen molar-refractivity contribution >= 4 is 5.91 Å². The third-order valence-corrected chi connectivity index (χ3v) is 2.63. The lowest BCUT2D eigenvalue weighted by Crippen LogP contribution is -2.25. The Hall–Kier alpha value is -2.03. The fourth-order valence-electron chi connectivity index (χ4n) is 1.72. The summed E-state index contributed by atoms with van der Waals surface area (Å²) in [4.78, 5) is 11.7. The Balaban J connectivity index is 1.81. The van der Waals surface area contributed by atoms with E-state index < -0.39 is 0 Å². The molecular weight excluding hydrogens is 212 g/mol. The van der Waals surface area contributed by atoms with E-state index in [9.17, 15) is 4.79 Å². The normalized spacial score (nSPS) is 10.2. The molecule has 0 bridgehead atoms. The lowest BCUT2D eigenvalue weighted by atomic mass is 10.2. The van der Waals surface area contributed by atoms with Gasteiger partial charge >= 0.3 is 0 Å². The lowest BCUT2D eigenvalue weighted by Gasteiger charge is -2.03. The van der Waals surface area contributed by atoms with Crippen LogP contribution >= 0.6 is 0 Å². The van der Waals surface area contributed by atoms with E-state index in [-0.39, 0.29) is 5.91 Å². The topological polar surface area (TPSA) is 34.0 Å². The maximum absolute atomic E-state index is 11.7. The molecule has 3 nitrogen and oxygen atoms in total. The van der Waals surface area contributed by atoms with Crippen molar-refractivity contribution in [2.45, 2.75) is 6.42 Å². The Morgan fingerprint density at radius 3 is 2.65 bits per heavy atom. The number of nitrogens with one attached hydrogen (secondary N) is 1. The van der Waals surface area contributed by atoms with Gasteiger partial charge in [0.1, 0.15) is 0 Å². The van der Waals surface area contributed by atoms with Crippen LogP contribution in [0.4, 0.5) is 0 Å². The van der Waals surface area contributed by atoms with E-state index in [2.05, 4.69) is 17.6 Å². The van der Waals surface area contributed by atoms with Crippen LogP contribution in [0.3, 0.4) is 0 Å². The van der Waals surface area contributed by atoms with E-state index in [0.29, 0.717) is 12.1 Å². The second kappa shape index (κ2) is 5.34. The molecule has 0 saturated carbocycles. The summed E-state index contributed by atoms with van der Waals surface area (Å²) >= 11 is 0. The van der Waals surface area contributed by atoms with Crippen LogP contribution in [0.2, 0.25) is 0 Å². The maximum atomic E-state index is 11.7. The highest BCUT2D eigenvalue weighted by atomic mass is 16.1. The average Bonchev–Trinajstić information content (AvgIpc) is 2.76. The van der Waals surface area contributed by atoms with Gasteiger partial charge in [-0.25, -0.2) is 0 Å². The molecule has 0 atom stereocenters. The van der Waals surface area contributed by atoms with E-state index in [0.717, 1.165) is 6.42 Å². The number of hydrogen-bond donors (Lipinski definition) is 1. The molecule has 0 aliphatic heterocycles. The summed E-state index contributed by atoms with van der Waals surface area (Å²) in [5, 5.41) is 2.91. The van der Waals surface area contributed by atoms with Gasteiger partial charge < -0.3 is 9.88 Å². The van der Waals surface area contributed by atoms with Gasteiger partial charge in [0.15, 0.2) is 0 Å². The van der Waals surface area contributed by atoms with Crippen LogP contribution in [-0.4, -0.2) is 17.0 Å². The molecule has 1 aromatic heterocycles. The fraction of sp³-hybridized carbons (Fsp3) is 0.214. The number of benzene rings is 1. The zero-order valence-electron chi connectivity index (χ0n) is 9.89. The summed E-state index contributed by atoms with van der Waals surface area (Å²) in [6.07, 6.45) is 4.93. The molecule has 1 N–H and O–H groups in total. The zero-order chi connectivity index (χ0) is 12.1. The highest BCUT2D eigenvalue weighted by Gasteiger charge is 2.03. The smallest absolute Gasteiger partial charge is 0.251 e. The van der Waals surface area contributed by atoms with E-state index in [1.807, 2.05) is 48.1 Å². The monoisotopic (exact) mass is 228 g/mol. The molecule has 0 aliphatic rings. The lowest BCUT2D eigenvalue weighted by molar-refractivity contribution is 0.0954. The van der Waals surface area contributed by atoms with Crippen LogP contribution in [-0.2, 0) is 13.5 Å². The highest BCUT2D eigenvalue weighted by Crippen LogP contribution is 2.01. The Bertz CT molecular complexity index is 488. The first-order chi connectivity index (χ1) is 8.25. The van der Waals surface area contributed by atoms with Crippen LogP contribution in [0.25, 0.3) is 0 Å². The van der Waals surface area contributed by atoms with E-state index >= 15 is 0 Å². The summed E-state index contributed by atoms with van der Waals surface area (Å²) in [6.45, 7) is 0.664. The molecule has 0 unspecified atom stereocenters. The maximum Gasteiger partial charge on any atom is 0.251 e. The van der Waals surface area contributed by atoms with Crippen LogP contribution in [0, 0.1) is 0 Å². The highest BCUT2D eigenvalue weighted by molar-refractivity contribution is 5.94. The summed E-state index contributed by atoms with van der Waals surface area (Å²) in [7, 11) is 1.99. The number of aromatic nitrogens is 1. The van der Waals surface area contributed by atoms with Crippen molar-refractivity contribution in [1.29, 1.82) is 0 Å². The Morgan fingerprint density at radius 2 is 2.00 bits per heavy atom. The summed E-state index contributed by atoms with van der Waals surface area (Å²) in [5.74, 6) is -0.0125. The zero-order valence-corrected chi connectivity index (χ0v) is 9.89. The number of carbonyl (C=O) groups is 1. The molecule has 17 heavy (non-hydrogen) atoms. The van der Waals surface area contributed by atoms with E-state index in [1.54, 1.807) is 0 Å². The van der Waals surface area contributed by atoms with Gasteiger partial charge in [-0.05, 0) is 30.2 Å². The average molecular weight is 228 g/mol. The first kappa shape index (κ1) is 11.5. The molecule has 0 saturated heterocycles. The Labute approximate surface area is 101 Å². The molecule has 2 rings (SSSR count). The predicted octanol–water partition coefficient (Wildman–Crippen LogP) is 2.00. The van der Waals surface area contributed by atoms with Gasteiger partial charge in [-0.15, -0.1) is 0 Å². The Morgan fingerprint density at radius 1 is 1.24 bits per heavy atom. The van der Waals surface area contributed by atoms with Crippen LogP contribution in [0.1, 0.15) is 15.9 Å². The van der Waals surface area contributed by atoms with Crippen molar-refractivity contribution in [2.75, 3.05) is 6.54 Å². The van der Waals surface area contributed by atoms with E-state index in [4.69, 9.17) is 0 Å². The minimum Gasteiger partial charge on any atom is -0.357 e. The fourth-order valence-corrected chi connectivity index (χ4v) is 1.72. The quantitative estimate of drug-likeness (QED) is 0.853. The van der Waals surface area contributed by atoms with Gasteiger partial charge in [0, 0.05) is 31.5 Å². The number of carbonyl (C=O) groups excluding carboxylic acids is 1. The molecule has 0 fully saturated rings. The second-order valence-corrected chi connectivity index (χ2v) is 4.06. The minimum absolute atomic E-state index is 0.0125. The van der Waals surface area contributed by atoms with Gasteiger partial charge in [0.25, 0.3) is 5.91 Å². The minimum atomic E-state index is -0.0125. The number of hydrogen-bond acceptors (Lipinski definition) is 1. The first-order valence-corrected chi connectivity index (χ1v) is 5.70. The standard InChI is InChI=1S/C14H16N2O/c1-16-10-8-12(11-16)7-9-15-14(17)13-5-3-2-4-6-13/h2-6,8,10-11H,7,9H2,1H3,(H,15,17). The first-order valence-electron chi connectivity index (χ1n) is 5.70. The van der Waals surface area contributed by atoms with Gasteiger partial charge in [-0.1, -0.05) is 18.2 Å². The van der Waals surface area contributed by atoms with Gasteiger partial charge in [0.05, 0.1) is 0 Å². The van der Waals surface area contributed by atoms with Gasteiger partial charge in [-0.2, -0.15) is 0 Å². The van der Waals surface area contributed by atoms with Crippen molar-refractivity contribution < 1.29 is 4.79 Å². The van der Waals surface area contributed by atoms with Crippen molar-refractivity contribution in [2.24, 2.45) is 7.05 Å². The number of rotatable bonds is 4. The van der Waals surface area contributed by atoms with Crippen molar-refractivity contribution in [3.05, 3.63) is 59.9 Å². The van der Waals surface area contributed by atoms with Crippen LogP contribution < -0.4 is 5.32 Å². The molecule has 1 aromatic carbocycles. The molecule has 1 heterocycles. The second-order valence-electron chi connectivity index (χ2n) is 4.06. The van der Waals surface area contributed by atoms with Crippen LogP contribution in [0.15, 0.2) is 48.8 Å². The Kier molecular flexibility index (Phi) is 3.60. The number of aryl methyl sites for hydroxylation is 1. The summed E-state index contributed by atoms with van der Waals surface area (Å²) in [6, 6.07) is 11.3. The van der Waals surface area contributed by atoms with E-state index in [1.165, 1.54) is 5.56 Å². The van der Waals surface area contributed by atoms with Crippen LogP contribution in [0.5, 0.6) is 0 Å². The SMILES string of the molecule is Cn1ccc(CCNC(=O)c2ccccc2)c1. The molecule has 3 heteroatoms. The van der Waals surface area contributed by atoms with Crippen molar-refractivity contribution in [3.8, 4) is 0 Å². The summed E-state index contributed by atoms with van der Waals surface area (Å²) in [5.41, 5.74) is 1.95. The van der Waals surface area contributed by atoms with Gasteiger partial charge in [0.2, 0.25) is 0 Å². The number of amides is 1. The predicted molar refractivity (Wildman–Crippen MR) is 67.9 cm³/mol. The summed E-state index contributed by atoms with van der Waals surface area (Å²) < 4.78 is 2.01. The molecule has 0 aliphatic carbocycles. The number of nitrogens with zero attached hydrogens (tertiary/aromatic N) is 1. The third-order valence-electron chi connectivity index (χ3n) is 2.63. The largest absolute Gasteiger partial charge is 0.357 e.